The second kappa shape index (κ2) is 2.52. The molecule has 4 unspecified atom stereocenters. The van der Waals surface area contributed by atoms with Gasteiger partial charge in [0.05, 0.1) is 0 Å². The van der Waals surface area contributed by atoms with Crippen molar-refractivity contribution in [1.82, 2.24) is 0 Å². The van der Waals surface area contributed by atoms with Gasteiger partial charge in [0.2, 0.25) is 0 Å². The van der Waals surface area contributed by atoms with Crippen molar-refractivity contribution < 1.29 is 0 Å². The van der Waals surface area contributed by atoms with E-state index in [9.17, 15) is 0 Å². The smallest absolute Gasteiger partial charge is 0.00419 e. The van der Waals surface area contributed by atoms with Crippen LogP contribution < -0.4 is 5.73 Å². The molecule has 3 rings (SSSR count). The Morgan fingerprint density at radius 2 is 2.00 bits per heavy atom. The topological polar surface area (TPSA) is 26.0 Å². The summed E-state index contributed by atoms with van der Waals surface area (Å²) >= 11 is 0. The number of allylic oxidation sites excluding steroid dienone is 1. The predicted octanol–water partition coefficient (Wildman–Crippen LogP) is 2.78. The minimum Gasteiger partial charge on any atom is -0.402 e. The highest BCUT2D eigenvalue weighted by Crippen LogP contribution is 2.63. The van der Waals surface area contributed by atoms with E-state index in [-0.39, 0.29) is 0 Å². The van der Waals surface area contributed by atoms with Gasteiger partial charge in [-0.25, -0.2) is 0 Å². The van der Waals surface area contributed by atoms with Crippen LogP contribution in [-0.2, 0) is 0 Å². The first-order valence-corrected chi connectivity index (χ1v) is 5.39. The average molecular weight is 179 g/mol. The van der Waals surface area contributed by atoms with E-state index in [4.69, 9.17) is 5.73 Å². The first-order valence-electron chi connectivity index (χ1n) is 5.39. The summed E-state index contributed by atoms with van der Waals surface area (Å²) in [6.07, 6.45) is 2.71. The minimum atomic E-state index is 0.575. The Hall–Kier alpha value is -0.460. The summed E-state index contributed by atoms with van der Waals surface area (Å²) in [7, 11) is 0. The fraction of sp³-hybridized carbons (Fsp3) is 0.833. The first kappa shape index (κ1) is 9.11. The van der Waals surface area contributed by atoms with Crippen LogP contribution in [0.4, 0.5) is 0 Å². The van der Waals surface area contributed by atoms with Crippen molar-refractivity contribution >= 4 is 0 Å². The lowest BCUT2D eigenvalue weighted by Crippen LogP contribution is -2.55. The normalized spacial score (nSPS) is 46.7. The molecule has 1 nitrogen and oxygen atoms in total. The van der Waals surface area contributed by atoms with Crippen LogP contribution >= 0.6 is 0 Å². The van der Waals surface area contributed by atoms with Crippen LogP contribution in [0.3, 0.4) is 0 Å². The summed E-state index contributed by atoms with van der Waals surface area (Å²) in [4.78, 5) is 0. The van der Waals surface area contributed by atoms with Crippen LogP contribution in [0.2, 0.25) is 0 Å². The Labute approximate surface area is 81.4 Å². The van der Waals surface area contributed by atoms with Crippen molar-refractivity contribution in [3.63, 3.8) is 0 Å². The van der Waals surface area contributed by atoms with E-state index >= 15 is 0 Å². The van der Waals surface area contributed by atoms with Crippen molar-refractivity contribution in [2.45, 2.75) is 33.6 Å². The lowest BCUT2D eigenvalue weighted by Gasteiger charge is -2.62. The summed E-state index contributed by atoms with van der Waals surface area (Å²) in [6.45, 7) is 11.1. The van der Waals surface area contributed by atoms with Crippen LogP contribution in [0.15, 0.2) is 12.3 Å². The lowest BCUT2D eigenvalue weighted by atomic mass is 9.43. The average Bonchev–Trinajstić information content (AvgIpc) is 2.02. The highest BCUT2D eigenvalue weighted by molar-refractivity contribution is 5.11. The molecule has 0 aromatic rings. The first-order chi connectivity index (χ1) is 5.94. The quantitative estimate of drug-likeness (QED) is 0.658. The monoisotopic (exact) mass is 179 g/mol. The molecule has 0 radical (unpaired) electrons. The van der Waals surface area contributed by atoms with Gasteiger partial charge in [0.15, 0.2) is 0 Å². The standard InChI is InChI=1S/C12H21N/c1-7-10(8(2)13)5-9-6-11(7)12(9,3)4/h7,9-11H,2,5-6,13H2,1,3-4H3. The largest absolute Gasteiger partial charge is 0.402 e. The van der Waals surface area contributed by atoms with Gasteiger partial charge in [-0.15, -0.1) is 0 Å². The molecule has 0 amide bonds. The van der Waals surface area contributed by atoms with Crippen molar-refractivity contribution in [1.29, 1.82) is 0 Å². The van der Waals surface area contributed by atoms with Gasteiger partial charge < -0.3 is 5.73 Å². The van der Waals surface area contributed by atoms with Gasteiger partial charge in [-0.3, -0.25) is 0 Å². The van der Waals surface area contributed by atoms with Crippen LogP contribution in [0.25, 0.3) is 0 Å². The molecule has 3 aliphatic carbocycles. The number of rotatable bonds is 1. The number of hydrogen-bond donors (Lipinski definition) is 1. The molecule has 0 aromatic carbocycles. The van der Waals surface area contributed by atoms with Crippen molar-refractivity contribution in [3.05, 3.63) is 12.3 Å². The second-order valence-electron chi connectivity index (χ2n) is 5.64. The van der Waals surface area contributed by atoms with Gasteiger partial charge in [0.1, 0.15) is 0 Å². The maximum absolute atomic E-state index is 5.83. The van der Waals surface area contributed by atoms with E-state index < -0.39 is 0 Å². The molecule has 74 valence electrons. The molecular formula is C12H21N. The second-order valence-corrected chi connectivity index (χ2v) is 5.64. The van der Waals surface area contributed by atoms with E-state index in [1.54, 1.807) is 0 Å². The molecule has 0 spiro atoms. The number of fused-ring (bicyclic) bond motifs is 2. The highest BCUT2D eigenvalue weighted by atomic mass is 14.7. The number of nitrogens with two attached hydrogens (primary N) is 1. The van der Waals surface area contributed by atoms with E-state index in [1.165, 1.54) is 12.8 Å². The van der Waals surface area contributed by atoms with Crippen molar-refractivity contribution in [2.24, 2.45) is 34.8 Å². The Morgan fingerprint density at radius 3 is 2.38 bits per heavy atom. The molecule has 2 N–H and O–H groups in total. The summed E-state index contributed by atoms with van der Waals surface area (Å²) < 4.78 is 0. The number of hydrogen-bond acceptors (Lipinski definition) is 1. The minimum absolute atomic E-state index is 0.575. The summed E-state index contributed by atoms with van der Waals surface area (Å²) in [6, 6.07) is 0. The van der Waals surface area contributed by atoms with Gasteiger partial charge in [-0.2, -0.15) is 0 Å². The van der Waals surface area contributed by atoms with Crippen LogP contribution in [0.5, 0.6) is 0 Å². The van der Waals surface area contributed by atoms with Crippen molar-refractivity contribution in [2.75, 3.05) is 0 Å². The Kier molecular flexibility index (Phi) is 1.77. The van der Waals surface area contributed by atoms with Gasteiger partial charge in [0.25, 0.3) is 0 Å². The van der Waals surface area contributed by atoms with Crippen LogP contribution in [0.1, 0.15) is 33.6 Å². The highest BCUT2D eigenvalue weighted by Gasteiger charge is 2.56. The van der Waals surface area contributed by atoms with Gasteiger partial charge >= 0.3 is 0 Å². The molecule has 3 fully saturated rings. The maximum Gasteiger partial charge on any atom is 0.00419 e. The summed E-state index contributed by atoms with van der Waals surface area (Å²) in [5.74, 6) is 3.13. The van der Waals surface area contributed by atoms with E-state index in [0.717, 1.165) is 23.5 Å². The molecule has 1 heteroatoms. The third kappa shape index (κ3) is 1.06. The molecule has 0 heterocycles. The molecular weight excluding hydrogens is 158 g/mol. The third-order valence-corrected chi connectivity index (χ3v) is 4.83. The zero-order chi connectivity index (χ0) is 9.80. The molecule has 4 atom stereocenters. The van der Waals surface area contributed by atoms with Gasteiger partial charge in [-0.1, -0.05) is 27.4 Å². The van der Waals surface area contributed by atoms with Gasteiger partial charge in [0, 0.05) is 11.6 Å². The summed E-state index contributed by atoms with van der Waals surface area (Å²) in [5.41, 5.74) is 7.32. The van der Waals surface area contributed by atoms with Crippen molar-refractivity contribution in [3.8, 4) is 0 Å². The fourth-order valence-electron chi connectivity index (χ4n) is 3.64. The molecule has 3 saturated carbocycles. The Morgan fingerprint density at radius 1 is 1.38 bits per heavy atom. The molecule has 0 saturated heterocycles. The zero-order valence-electron chi connectivity index (χ0n) is 9.01. The Bertz CT molecular complexity index is 242. The molecule has 0 aliphatic heterocycles. The molecule has 2 bridgehead atoms. The Balaban J connectivity index is 2.16. The fourth-order valence-corrected chi connectivity index (χ4v) is 3.64. The molecule has 0 aromatic heterocycles. The van der Waals surface area contributed by atoms with Crippen LogP contribution in [-0.4, -0.2) is 0 Å². The van der Waals surface area contributed by atoms with E-state index in [2.05, 4.69) is 27.4 Å². The van der Waals surface area contributed by atoms with E-state index in [1.807, 2.05) is 0 Å². The van der Waals surface area contributed by atoms with Crippen LogP contribution in [0, 0.1) is 29.1 Å². The maximum atomic E-state index is 5.83. The predicted molar refractivity (Wildman–Crippen MR) is 56.0 cm³/mol. The summed E-state index contributed by atoms with van der Waals surface area (Å²) in [5, 5.41) is 0. The zero-order valence-corrected chi connectivity index (χ0v) is 9.01. The molecule has 13 heavy (non-hydrogen) atoms. The molecule has 3 aliphatic rings. The third-order valence-electron chi connectivity index (χ3n) is 4.83. The lowest BCUT2D eigenvalue weighted by molar-refractivity contribution is -0.120. The van der Waals surface area contributed by atoms with E-state index in [0.29, 0.717) is 11.3 Å². The van der Waals surface area contributed by atoms with Gasteiger partial charge in [-0.05, 0) is 36.0 Å². The SMILES string of the molecule is C=C(N)C1CC2CC(C1C)C2(C)C.